The average Bonchev–Trinajstić information content (AvgIpc) is 3.16. The third-order valence-electron chi connectivity index (χ3n) is 7.13. The lowest BCUT2D eigenvalue weighted by atomic mass is 9.98. The van der Waals surface area contributed by atoms with E-state index in [1.165, 1.54) is 0 Å². The lowest BCUT2D eigenvalue weighted by Gasteiger charge is -2.25. The molecule has 1 unspecified atom stereocenters. The summed E-state index contributed by atoms with van der Waals surface area (Å²) in [6.45, 7) is 2.93. The van der Waals surface area contributed by atoms with Crippen molar-refractivity contribution >= 4 is 18.0 Å². The summed E-state index contributed by atoms with van der Waals surface area (Å²) < 4.78 is 5.56. The van der Waals surface area contributed by atoms with Crippen LogP contribution in [0.1, 0.15) is 30.4 Å². The molecule has 32 heavy (non-hydrogen) atoms. The molecule has 1 saturated carbocycles. The summed E-state index contributed by atoms with van der Waals surface area (Å²) in [5.41, 5.74) is 4.58. The van der Waals surface area contributed by atoms with Crippen LogP contribution in [0.4, 0.5) is 4.79 Å². The van der Waals surface area contributed by atoms with Gasteiger partial charge in [0.1, 0.15) is 12.6 Å². The van der Waals surface area contributed by atoms with Crippen LogP contribution < -0.4 is 5.32 Å². The molecule has 1 aliphatic heterocycles. The van der Waals surface area contributed by atoms with Gasteiger partial charge in [-0.15, -0.1) is 0 Å². The molecular formula is C25H26N2O5. The maximum atomic E-state index is 12.9. The number of carbonyl (C=O) groups is 3. The van der Waals surface area contributed by atoms with Crippen LogP contribution in [0.15, 0.2) is 48.5 Å². The third kappa shape index (κ3) is 3.42. The molecule has 2 aromatic rings. The molecule has 2 fully saturated rings. The monoisotopic (exact) mass is 434 g/mol. The van der Waals surface area contributed by atoms with Crippen LogP contribution in [-0.2, 0) is 14.3 Å². The summed E-state index contributed by atoms with van der Waals surface area (Å²) in [6.07, 6.45) is -0.170. The van der Waals surface area contributed by atoms with Crippen molar-refractivity contribution in [2.75, 3.05) is 19.7 Å². The number of carbonyl (C=O) groups excluding carboxylic acids is 2. The number of carboxylic acid groups (broad SMARTS) is 1. The molecule has 0 bridgehead atoms. The van der Waals surface area contributed by atoms with Crippen LogP contribution in [0.25, 0.3) is 11.1 Å². The zero-order valence-electron chi connectivity index (χ0n) is 17.9. The fourth-order valence-corrected chi connectivity index (χ4v) is 5.41. The Morgan fingerprint density at radius 2 is 1.59 bits per heavy atom. The van der Waals surface area contributed by atoms with Gasteiger partial charge in [-0.25, -0.2) is 4.79 Å². The number of amides is 2. The Kier molecular flexibility index (Phi) is 5.12. The van der Waals surface area contributed by atoms with Gasteiger partial charge in [-0.2, -0.15) is 0 Å². The highest BCUT2D eigenvalue weighted by Gasteiger charge is 2.60. The van der Waals surface area contributed by atoms with Crippen molar-refractivity contribution in [2.24, 2.45) is 17.8 Å². The topological polar surface area (TPSA) is 95.9 Å². The Labute approximate surface area is 186 Å². The van der Waals surface area contributed by atoms with Crippen molar-refractivity contribution in [2.45, 2.75) is 25.3 Å². The van der Waals surface area contributed by atoms with E-state index in [1.807, 2.05) is 31.2 Å². The fourth-order valence-electron chi connectivity index (χ4n) is 5.41. The Morgan fingerprint density at radius 1 is 1.03 bits per heavy atom. The minimum Gasteiger partial charge on any atom is -0.481 e. The number of benzene rings is 2. The van der Waals surface area contributed by atoms with Crippen LogP contribution in [0.3, 0.4) is 0 Å². The Morgan fingerprint density at radius 3 is 2.12 bits per heavy atom. The number of nitrogens with zero attached hydrogens (tertiary/aromatic N) is 1. The number of likely N-dealkylation sites (tertiary alicyclic amines) is 1. The molecule has 7 nitrogen and oxygen atoms in total. The van der Waals surface area contributed by atoms with E-state index < -0.39 is 18.1 Å². The zero-order valence-corrected chi connectivity index (χ0v) is 17.9. The van der Waals surface area contributed by atoms with Gasteiger partial charge < -0.3 is 20.1 Å². The number of piperidine rings is 1. The molecule has 0 aromatic heterocycles. The zero-order chi connectivity index (χ0) is 22.4. The normalized spacial score (nSPS) is 23.7. The molecule has 7 heteroatoms. The lowest BCUT2D eigenvalue weighted by Crippen LogP contribution is -2.48. The minimum atomic E-state index is -0.782. The van der Waals surface area contributed by atoms with E-state index in [1.54, 1.807) is 4.90 Å². The maximum Gasteiger partial charge on any atom is 0.407 e. The van der Waals surface area contributed by atoms with Gasteiger partial charge in [0.05, 0.1) is 5.92 Å². The predicted octanol–water partition coefficient (Wildman–Crippen LogP) is 3.09. The molecule has 166 valence electrons. The molecule has 1 heterocycles. The Bertz CT molecular complexity index is 1030. The van der Waals surface area contributed by atoms with Crippen LogP contribution in [0.2, 0.25) is 0 Å². The second kappa shape index (κ2) is 7.97. The summed E-state index contributed by atoms with van der Waals surface area (Å²) >= 11 is 0. The summed E-state index contributed by atoms with van der Waals surface area (Å²) in [5.74, 6) is -1.23. The van der Waals surface area contributed by atoms with Crippen molar-refractivity contribution < 1.29 is 24.2 Å². The standard InChI is InChI=1S/C25H26N2O5/c1-2-21(23(28)27-11-18-19(12-27)22(18)24(29)30)26-25(31)32-13-20-16-9-5-3-7-14(16)15-8-4-6-10-17(15)20/h3-10,18-22H,2,11-13H2,1H3,(H,26,31)(H,29,30)/t18-,19+,21-,22?/m1/s1. The summed E-state index contributed by atoms with van der Waals surface area (Å²) in [4.78, 5) is 38.2. The first kappa shape index (κ1) is 20.5. The van der Waals surface area contributed by atoms with Gasteiger partial charge in [0.2, 0.25) is 5.91 Å². The van der Waals surface area contributed by atoms with E-state index in [0.717, 1.165) is 22.3 Å². The lowest BCUT2D eigenvalue weighted by molar-refractivity contribution is -0.141. The second-order valence-corrected chi connectivity index (χ2v) is 8.87. The maximum absolute atomic E-state index is 12.9. The molecule has 4 atom stereocenters. The highest BCUT2D eigenvalue weighted by molar-refractivity contribution is 5.87. The molecule has 1 saturated heterocycles. The van der Waals surface area contributed by atoms with Gasteiger partial charge >= 0.3 is 12.1 Å². The molecule has 2 amide bonds. The molecule has 3 aliphatic rings. The molecule has 2 aliphatic carbocycles. The number of hydrogen-bond donors (Lipinski definition) is 2. The van der Waals surface area contributed by atoms with Crippen LogP contribution >= 0.6 is 0 Å². The summed E-state index contributed by atoms with van der Waals surface area (Å²) in [7, 11) is 0. The number of ether oxygens (including phenoxy) is 1. The van der Waals surface area contributed by atoms with Gasteiger partial charge in [-0.1, -0.05) is 55.5 Å². The fraction of sp³-hybridized carbons (Fsp3) is 0.400. The van der Waals surface area contributed by atoms with E-state index in [0.29, 0.717) is 19.5 Å². The number of alkyl carbamates (subject to hydrolysis) is 1. The Hall–Kier alpha value is -3.35. The number of hydrogen-bond acceptors (Lipinski definition) is 4. The van der Waals surface area contributed by atoms with Gasteiger partial charge in [0.15, 0.2) is 0 Å². The predicted molar refractivity (Wildman–Crippen MR) is 117 cm³/mol. The molecule has 2 aromatic carbocycles. The average molecular weight is 434 g/mol. The van der Waals surface area contributed by atoms with Gasteiger partial charge in [0.25, 0.3) is 0 Å². The SMILES string of the molecule is CC[C@@H](NC(=O)OCC1c2ccccc2-c2ccccc21)C(=O)N1C[C@@H]2C(C(=O)O)[C@@H]2C1. The first-order valence-electron chi connectivity index (χ1n) is 11.1. The highest BCUT2D eigenvalue weighted by atomic mass is 16.5. The van der Waals surface area contributed by atoms with Gasteiger partial charge in [-0.05, 0) is 40.5 Å². The smallest absolute Gasteiger partial charge is 0.407 e. The number of nitrogens with one attached hydrogen (secondary N) is 1. The quantitative estimate of drug-likeness (QED) is 0.728. The minimum absolute atomic E-state index is 0.0393. The van der Waals surface area contributed by atoms with Crippen LogP contribution in [-0.4, -0.2) is 53.7 Å². The van der Waals surface area contributed by atoms with E-state index in [4.69, 9.17) is 9.84 Å². The Balaban J connectivity index is 1.19. The summed E-state index contributed by atoms with van der Waals surface area (Å²) in [5, 5.41) is 11.9. The summed E-state index contributed by atoms with van der Waals surface area (Å²) in [6, 6.07) is 15.6. The van der Waals surface area contributed by atoms with Crippen molar-refractivity contribution in [1.82, 2.24) is 10.2 Å². The molecule has 0 spiro atoms. The second-order valence-electron chi connectivity index (χ2n) is 8.87. The number of aliphatic carboxylic acids is 1. The molecular weight excluding hydrogens is 408 g/mol. The third-order valence-corrected chi connectivity index (χ3v) is 7.13. The van der Waals surface area contributed by atoms with E-state index in [-0.39, 0.29) is 36.2 Å². The van der Waals surface area contributed by atoms with Crippen LogP contribution in [0.5, 0.6) is 0 Å². The largest absolute Gasteiger partial charge is 0.481 e. The van der Waals surface area contributed by atoms with Crippen LogP contribution in [0, 0.1) is 17.8 Å². The van der Waals surface area contributed by atoms with E-state index >= 15 is 0 Å². The van der Waals surface area contributed by atoms with E-state index in [2.05, 4.69) is 29.6 Å². The first-order chi connectivity index (χ1) is 15.5. The molecule has 0 radical (unpaired) electrons. The first-order valence-corrected chi connectivity index (χ1v) is 11.1. The van der Waals surface area contributed by atoms with Crippen molar-refractivity contribution in [3.8, 4) is 11.1 Å². The molecule has 2 N–H and O–H groups in total. The highest BCUT2D eigenvalue weighted by Crippen LogP contribution is 2.51. The van der Waals surface area contributed by atoms with Crippen molar-refractivity contribution in [3.63, 3.8) is 0 Å². The van der Waals surface area contributed by atoms with Crippen molar-refractivity contribution in [3.05, 3.63) is 59.7 Å². The number of fused-ring (bicyclic) bond motifs is 4. The number of carboxylic acids is 1. The van der Waals surface area contributed by atoms with Gasteiger partial charge in [-0.3, -0.25) is 9.59 Å². The van der Waals surface area contributed by atoms with Crippen molar-refractivity contribution in [1.29, 1.82) is 0 Å². The molecule has 5 rings (SSSR count). The van der Waals surface area contributed by atoms with E-state index in [9.17, 15) is 14.4 Å². The van der Waals surface area contributed by atoms with Gasteiger partial charge in [0, 0.05) is 19.0 Å². The number of rotatable bonds is 6.